The molecule has 1 aromatic heterocycles. The molecule has 2 aromatic rings. The van der Waals surface area contributed by atoms with Gasteiger partial charge in [0, 0.05) is 12.6 Å². The Labute approximate surface area is 127 Å². The number of benzene rings is 1. The quantitative estimate of drug-likeness (QED) is 0.854. The first-order valence-electron chi connectivity index (χ1n) is 6.65. The summed E-state index contributed by atoms with van der Waals surface area (Å²) in [5.41, 5.74) is 0.490. The van der Waals surface area contributed by atoms with Crippen LogP contribution in [0.25, 0.3) is 0 Å². The van der Waals surface area contributed by atoms with Gasteiger partial charge in [0.1, 0.15) is 17.6 Å². The van der Waals surface area contributed by atoms with Crippen LogP contribution in [-0.2, 0) is 16.0 Å². The zero-order valence-electron chi connectivity index (χ0n) is 12.0. The molecule has 6 heteroatoms. The van der Waals surface area contributed by atoms with E-state index in [1.165, 1.54) is 25.4 Å². The van der Waals surface area contributed by atoms with Crippen LogP contribution in [0, 0.1) is 5.82 Å². The topological polar surface area (TPSA) is 68.3 Å². The van der Waals surface area contributed by atoms with E-state index in [1.54, 1.807) is 30.3 Å². The minimum atomic E-state index is -0.989. The summed E-state index contributed by atoms with van der Waals surface area (Å²) in [6.45, 7) is 0. The number of amides is 1. The molecule has 2 rings (SSSR count). The van der Waals surface area contributed by atoms with Crippen LogP contribution in [-0.4, -0.2) is 30.0 Å². The summed E-state index contributed by atoms with van der Waals surface area (Å²) in [7, 11) is 1.21. The molecule has 0 bridgehead atoms. The van der Waals surface area contributed by atoms with Gasteiger partial charge in [0.2, 0.25) is 0 Å². The first-order valence-corrected chi connectivity index (χ1v) is 6.65. The van der Waals surface area contributed by atoms with Gasteiger partial charge in [-0.05, 0) is 23.8 Å². The van der Waals surface area contributed by atoms with Crippen LogP contribution in [0.15, 0.2) is 48.7 Å². The number of hydrogen-bond donors (Lipinski definition) is 1. The number of carbonyl (C=O) groups excluding carboxylic acids is 2. The molecule has 1 atom stereocenters. The van der Waals surface area contributed by atoms with Gasteiger partial charge in [0.05, 0.1) is 7.11 Å². The molecule has 0 saturated carbocycles. The molecule has 0 fully saturated rings. The number of hydrogen-bond acceptors (Lipinski definition) is 4. The van der Waals surface area contributed by atoms with E-state index >= 15 is 0 Å². The fourth-order valence-electron chi connectivity index (χ4n) is 1.95. The van der Waals surface area contributed by atoms with Gasteiger partial charge in [-0.2, -0.15) is 0 Å². The fourth-order valence-corrected chi connectivity index (χ4v) is 1.95. The summed E-state index contributed by atoms with van der Waals surface area (Å²) in [5, 5.41) is 2.52. The maximum absolute atomic E-state index is 13.7. The minimum Gasteiger partial charge on any atom is -0.467 e. The maximum atomic E-state index is 13.7. The van der Waals surface area contributed by atoms with Gasteiger partial charge in [-0.25, -0.2) is 9.18 Å². The normalized spacial score (nSPS) is 11.5. The molecule has 1 N–H and O–H groups in total. The molecule has 0 unspecified atom stereocenters. The Kier molecular flexibility index (Phi) is 5.19. The summed E-state index contributed by atoms with van der Waals surface area (Å²) < 4.78 is 18.4. The Morgan fingerprint density at radius 1 is 1.23 bits per heavy atom. The van der Waals surface area contributed by atoms with E-state index in [0.29, 0.717) is 5.56 Å². The molecule has 0 aliphatic rings. The average Bonchev–Trinajstić information content (AvgIpc) is 2.56. The number of aromatic nitrogens is 1. The van der Waals surface area contributed by atoms with Crippen LogP contribution in [0.5, 0.6) is 0 Å². The van der Waals surface area contributed by atoms with Crippen LogP contribution in [0.1, 0.15) is 16.1 Å². The highest BCUT2D eigenvalue weighted by atomic mass is 19.1. The van der Waals surface area contributed by atoms with E-state index < -0.39 is 23.7 Å². The second-order valence-corrected chi connectivity index (χ2v) is 4.56. The van der Waals surface area contributed by atoms with Crippen molar-refractivity contribution in [3.63, 3.8) is 0 Å². The second kappa shape index (κ2) is 7.31. The Morgan fingerprint density at radius 3 is 2.59 bits per heavy atom. The molecule has 0 aliphatic carbocycles. The number of methoxy groups -OCH3 is 1. The molecule has 1 aromatic carbocycles. The van der Waals surface area contributed by atoms with Crippen molar-refractivity contribution < 1.29 is 18.7 Å². The maximum Gasteiger partial charge on any atom is 0.328 e. The predicted molar refractivity (Wildman–Crippen MR) is 77.6 cm³/mol. The lowest BCUT2D eigenvalue weighted by atomic mass is 10.1. The molecule has 0 saturated heterocycles. The van der Waals surface area contributed by atoms with E-state index in [-0.39, 0.29) is 12.1 Å². The molecule has 0 spiro atoms. The lowest BCUT2D eigenvalue weighted by Crippen LogP contribution is -2.43. The highest BCUT2D eigenvalue weighted by Crippen LogP contribution is 2.10. The van der Waals surface area contributed by atoms with Crippen LogP contribution in [0.2, 0.25) is 0 Å². The number of nitrogens with one attached hydrogen (secondary N) is 1. The number of halogens is 1. The summed E-state index contributed by atoms with van der Waals surface area (Å²) in [6, 6.07) is 9.93. The van der Waals surface area contributed by atoms with Gasteiger partial charge in [0.25, 0.3) is 5.91 Å². The number of esters is 1. The van der Waals surface area contributed by atoms with Crippen LogP contribution >= 0.6 is 0 Å². The van der Waals surface area contributed by atoms with E-state index in [1.807, 2.05) is 0 Å². The third-order valence-corrected chi connectivity index (χ3v) is 3.07. The van der Waals surface area contributed by atoms with E-state index in [9.17, 15) is 14.0 Å². The van der Waals surface area contributed by atoms with Crippen LogP contribution in [0.4, 0.5) is 4.39 Å². The highest BCUT2D eigenvalue weighted by molar-refractivity contribution is 5.95. The molecule has 0 radical (unpaired) electrons. The van der Waals surface area contributed by atoms with Gasteiger partial charge in [0.15, 0.2) is 0 Å². The highest BCUT2D eigenvalue weighted by Gasteiger charge is 2.24. The number of carbonyl (C=O) groups is 2. The summed E-state index contributed by atoms with van der Waals surface area (Å²) in [6.07, 6.45) is 1.47. The molecule has 1 heterocycles. The molecule has 114 valence electrons. The molecule has 0 aliphatic heterocycles. The van der Waals surface area contributed by atoms with Crippen molar-refractivity contribution in [3.8, 4) is 0 Å². The van der Waals surface area contributed by atoms with Crippen molar-refractivity contribution in [2.75, 3.05) is 7.11 Å². The number of ether oxygens (including phenoxy) is 1. The average molecular weight is 302 g/mol. The first-order chi connectivity index (χ1) is 10.6. The van der Waals surface area contributed by atoms with Crippen molar-refractivity contribution in [1.29, 1.82) is 0 Å². The second-order valence-electron chi connectivity index (χ2n) is 4.56. The third kappa shape index (κ3) is 3.88. The zero-order valence-corrected chi connectivity index (χ0v) is 12.0. The van der Waals surface area contributed by atoms with Gasteiger partial charge >= 0.3 is 5.97 Å². The smallest absolute Gasteiger partial charge is 0.328 e. The number of rotatable bonds is 5. The largest absolute Gasteiger partial charge is 0.467 e. The summed E-state index contributed by atoms with van der Waals surface area (Å²) in [4.78, 5) is 27.8. The Bertz CT molecular complexity index is 661. The molecule has 1 amide bonds. The van der Waals surface area contributed by atoms with E-state index in [2.05, 4.69) is 15.0 Å². The molecular formula is C16H15FN2O3. The lowest BCUT2D eigenvalue weighted by Gasteiger charge is -2.16. The van der Waals surface area contributed by atoms with Gasteiger partial charge in [-0.15, -0.1) is 0 Å². The van der Waals surface area contributed by atoms with E-state index in [4.69, 9.17) is 0 Å². The SMILES string of the molecule is COC(=O)[C@H](Cc1ccccc1F)NC(=O)c1ccccn1. The van der Waals surface area contributed by atoms with E-state index in [0.717, 1.165) is 0 Å². The van der Waals surface area contributed by atoms with Gasteiger partial charge < -0.3 is 10.1 Å². The Hall–Kier alpha value is -2.76. The summed E-state index contributed by atoms with van der Waals surface area (Å²) in [5.74, 6) is -1.61. The predicted octanol–water partition coefficient (Wildman–Crippen LogP) is 1.73. The van der Waals surface area contributed by atoms with Crippen molar-refractivity contribution in [3.05, 3.63) is 65.7 Å². The van der Waals surface area contributed by atoms with Crippen molar-refractivity contribution in [1.82, 2.24) is 10.3 Å². The van der Waals surface area contributed by atoms with Crippen molar-refractivity contribution in [2.45, 2.75) is 12.5 Å². The third-order valence-electron chi connectivity index (χ3n) is 3.07. The standard InChI is InChI=1S/C16H15FN2O3/c1-22-16(21)14(10-11-6-2-3-7-12(11)17)19-15(20)13-8-4-5-9-18-13/h2-9,14H,10H2,1H3,(H,19,20)/t14-/m0/s1. The molecule has 5 nitrogen and oxygen atoms in total. The Balaban J connectivity index is 2.15. The monoisotopic (exact) mass is 302 g/mol. The minimum absolute atomic E-state index is 0.00206. The molecular weight excluding hydrogens is 287 g/mol. The van der Waals surface area contributed by atoms with Crippen LogP contribution in [0.3, 0.4) is 0 Å². The Morgan fingerprint density at radius 2 is 1.95 bits per heavy atom. The fraction of sp³-hybridized carbons (Fsp3) is 0.188. The number of nitrogens with zero attached hydrogens (tertiary/aromatic N) is 1. The van der Waals surface area contributed by atoms with Crippen molar-refractivity contribution >= 4 is 11.9 Å². The van der Waals surface area contributed by atoms with Crippen molar-refractivity contribution in [2.24, 2.45) is 0 Å². The van der Waals surface area contributed by atoms with Gasteiger partial charge in [-0.3, -0.25) is 9.78 Å². The molecule has 22 heavy (non-hydrogen) atoms. The van der Waals surface area contributed by atoms with Crippen LogP contribution < -0.4 is 5.32 Å². The zero-order chi connectivity index (χ0) is 15.9. The first kappa shape index (κ1) is 15.6. The lowest BCUT2D eigenvalue weighted by molar-refractivity contribution is -0.142. The number of pyridine rings is 1. The summed E-state index contributed by atoms with van der Waals surface area (Å²) >= 11 is 0. The van der Waals surface area contributed by atoms with Gasteiger partial charge in [-0.1, -0.05) is 24.3 Å².